The molecule has 106 valence electrons. The van der Waals surface area contributed by atoms with Crippen molar-refractivity contribution in [3.8, 4) is 0 Å². The number of rotatable bonds is 2. The SMILES string of the molecule is FC(F)(F)c1cccc(NC2CCc3sc(Cl)cc32)c1. The molecule has 0 saturated heterocycles. The van der Waals surface area contributed by atoms with Crippen LogP contribution in [0.1, 0.15) is 28.5 Å². The summed E-state index contributed by atoms with van der Waals surface area (Å²) in [6, 6.07) is 7.23. The van der Waals surface area contributed by atoms with Gasteiger partial charge in [0.2, 0.25) is 0 Å². The van der Waals surface area contributed by atoms with Gasteiger partial charge in [-0.05, 0) is 42.7 Å². The number of alkyl halides is 3. The molecule has 3 rings (SSSR count). The molecule has 0 saturated carbocycles. The molecule has 1 N–H and O–H groups in total. The maximum Gasteiger partial charge on any atom is 0.416 e. The molecule has 0 bridgehead atoms. The van der Waals surface area contributed by atoms with Gasteiger partial charge < -0.3 is 5.32 Å². The third-order valence-corrected chi connectivity index (χ3v) is 4.72. The smallest absolute Gasteiger partial charge is 0.378 e. The van der Waals surface area contributed by atoms with Gasteiger partial charge in [0.1, 0.15) is 0 Å². The standard InChI is InChI=1S/C14H11ClF3NS/c15-13-7-10-11(4-5-12(10)20-13)19-9-3-1-2-8(6-9)14(16,17)18/h1-3,6-7,11,19H,4-5H2. The van der Waals surface area contributed by atoms with Crippen LogP contribution in [0, 0.1) is 0 Å². The van der Waals surface area contributed by atoms with E-state index in [1.807, 2.05) is 6.07 Å². The van der Waals surface area contributed by atoms with Crippen LogP contribution in [0.2, 0.25) is 4.34 Å². The Labute approximate surface area is 123 Å². The van der Waals surface area contributed by atoms with E-state index in [2.05, 4.69) is 5.32 Å². The molecule has 1 nitrogen and oxygen atoms in total. The summed E-state index contributed by atoms with van der Waals surface area (Å²) in [5.74, 6) is 0. The molecule has 0 radical (unpaired) electrons. The van der Waals surface area contributed by atoms with Crippen molar-refractivity contribution in [2.24, 2.45) is 0 Å². The lowest BCUT2D eigenvalue weighted by atomic mass is 10.1. The Morgan fingerprint density at radius 3 is 2.80 bits per heavy atom. The lowest BCUT2D eigenvalue weighted by Crippen LogP contribution is -2.09. The molecule has 2 aromatic rings. The minimum atomic E-state index is -4.32. The zero-order valence-electron chi connectivity index (χ0n) is 10.3. The molecular weight excluding hydrogens is 307 g/mol. The van der Waals surface area contributed by atoms with Gasteiger partial charge in [0.25, 0.3) is 0 Å². The molecule has 1 aromatic heterocycles. The van der Waals surface area contributed by atoms with Gasteiger partial charge in [-0.3, -0.25) is 0 Å². The highest BCUT2D eigenvalue weighted by Gasteiger charge is 2.31. The fraction of sp³-hybridized carbons (Fsp3) is 0.286. The third-order valence-electron chi connectivity index (χ3n) is 3.38. The number of halogens is 4. The van der Waals surface area contributed by atoms with Crippen molar-refractivity contribution >= 4 is 28.6 Å². The predicted molar refractivity (Wildman–Crippen MR) is 75.5 cm³/mol. The van der Waals surface area contributed by atoms with Crippen molar-refractivity contribution in [3.63, 3.8) is 0 Å². The minimum Gasteiger partial charge on any atom is -0.378 e. The quantitative estimate of drug-likeness (QED) is 0.769. The maximum absolute atomic E-state index is 12.7. The van der Waals surface area contributed by atoms with Crippen molar-refractivity contribution in [1.29, 1.82) is 0 Å². The lowest BCUT2D eigenvalue weighted by Gasteiger charge is -2.16. The minimum absolute atomic E-state index is 0.0391. The van der Waals surface area contributed by atoms with Gasteiger partial charge in [-0.15, -0.1) is 11.3 Å². The van der Waals surface area contributed by atoms with E-state index in [0.717, 1.165) is 34.9 Å². The Bertz CT molecular complexity index is 636. The highest BCUT2D eigenvalue weighted by Crippen LogP contribution is 2.41. The average molecular weight is 318 g/mol. The summed E-state index contributed by atoms with van der Waals surface area (Å²) in [6.45, 7) is 0. The highest BCUT2D eigenvalue weighted by atomic mass is 35.5. The average Bonchev–Trinajstić information content (AvgIpc) is 2.90. The predicted octanol–water partition coefficient (Wildman–Crippen LogP) is 5.52. The molecule has 0 fully saturated rings. The molecule has 1 heterocycles. The molecule has 1 aromatic carbocycles. The summed E-state index contributed by atoms with van der Waals surface area (Å²) in [4.78, 5) is 1.22. The third kappa shape index (κ3) is 2.65. The van der Waals surface area contributed by atoms with Crippen LogP contribution in [0.25, 0.3) is 0 Å². The summed E-state index contributed by atoms with van der Waals surface area (Å²) in [7, 11) is 0. The first-order chi connectivity index (χ1) is 9.43. The molecule has 20 heavy (non-hydrogen) atoms. The molecular formula is C14H11ClF3NS. The topological polar surface area (TPSA) is 12.0 Å². The first kappa shape index (κ1) is 13.8. The second-order valence-electron chi connectivity index (χ2n) is 4.74. The number of hydrogen-bond donors (Lipinski definition) is 1. The number of aryl methyl sites for hydroxylation is 1. The second-order valence-corrected chi connectivity index (χ2v) is 6.51. The summed E-state index contributed by atoms with van der Waals surface area (Å²) in [5, 5.41) is 3.17. The van der Waals surface area contributed by atoms with Gasteiger partial charge in [0.05, 0.1) is 15.9 Å². The zero-order valence-corrected chi connectivity index (χ0v) is 11.9. The monoisotopic (exact) mass is 317 g/mol. The second kappa shape index (κ2) is 4.97. The van der Waals surface area contributed by atoms with E-state index in [-0.39, 0.29) is 6.04 Å². The van der Waals surface area contributed by atoms with Crippen LogP contribution in [0.5, 0.6) is 0 Å². The number of anilines is 1. The van der Waals surface area contributed by atoms with Crippen molar-refractivity contribution < 1.29 is 13.2 Å². The zero-order chi connectivity index (χ0) is 14.3. The van der Waals surface area contributed by atoms with Gasteiger partial charge in [-0.1, -0.05) is 17.7 Å². The molecule has 6 heteroatoms. The van der Waals surface area contributed by atoms with Crippen LogP contribution in [-0.4, -0.2) is 0 Å². The molecule has 1 unspecified atom stereocenters. The van der Waals surface area contributed by atoms with Crippen LogP contribution in [0.4, 0.5) is 18.9 Å². The van der Waals surface area contributed by atoms with Crippen LogP contribution in [0.15, 0.2) is 30.3 Å². The normalized spacial score (nSPS) is 18.1. The highest BCUT2D eigenvalue weighted by molar-refractivity contribution is 7.16. The number of benzene rings is 1. The summed E-state index contributed by atoms with van der Waals surface area (Å²) in [5.41, 5.74) is 0.960. The molecule has 1 aliphatic rings. The van der Waals surface area contributed by atoms with E-state index in [9.17, 15) is 13.2 Å². The number of nitrogens with one attached hydrogen (secondary N) is 1. The van der Waals surface area contributed by atoms with E-state index < -0.39 is 11.7 Å². The Kier molecular flexibility index (Phi) is 3.42. The summed E-state index contributed by atoms with van der Waals surface area (Å²) < 4.78 is 38.8. The number of hydrogen-bond acceptors (Lipinski definition) is 2. The van der Waals surface area contributed by atoms with Crippen molar-refractivity contribution in [2.75, 3.05) is 5.32 Å². The van der Waals surface area contributed by atoms with Crippen LogP contribution < -0.4 is 5.32 Å². The first-order valence-electron chi connectivity index (χ1n) is 6.15. The van der Waals surface area contributed by atoms with E-state index in [4.69, 9.17) is 11.6 Å². The van der Waals surface area contributed by atoms with Gasteiger partial charge in [0.15, 0.2) is 0 Å². The molecule has 1 atom stereocenters. The van der Waals surface area contributed by atoms with E-state index in [1.165, 1.54) is 10.9 Å². The Hall–Kier alpha value is -1.20. The molecule has 0 spiro atoms. The Morgan fingerprint density at radius 1 is 1.25 bits per heavy atom. The fourth-order valence-corrected chi connectivity index (χ4v) is 3.82. The Balaban J connectivity index is 1.82. The van der Waals surface area contributed by atoms with E-state index in [0.29, 0.717) is 5.69 Å². The fourth-order valence-electron chi connectivity index (χ4n) is 2.47. The number of thiophene rings is 1. The lowest BCUT2D eigenvalue weighted by molar-refractivity contribution is -0.137. The first-order valence-corrected chi connectivity index (χ1v) is 7.35. The van der Waals surface area contributed by atoms with Crippen molar-refractivity contribution in [1.82, 2.24) is 0 Å². The Morgan fingerprint density at radius 2 is 2.05 bits per heavy atom. The van der Waals surface area contributed by atoms with Crippen molar-refractivity contribution in [2.45, 2.75) is 25.1 Å². The molecule has 0 aliphatic heterocycles. The number of fused-ring (bicyclic) bond motifs is 1. The van der Waals surface area contributed by atoms with Crippen LogP contribution in [-0.2, 0) is 12.6 Å². The van der Waals surface area contributed by atoms with Crippen molar-refractivity contribution in [3.05, 3.63) is 50.7 Å². The summed E-state index contributed by atoms with van der Waals surface area (Å²) in [6.07, 6.45) is -2.51. The van der Waals surface area contributed by atoms with E-state index >= 15 is 0 Å². The van der Waals surface area contributed by atoms with E-state index in [1.54, 1.807) is 17.4 Å². The van der Waals surface area contributed by atoms with Crippen LogP contribution in [0.3, 0.4) is 0 Å². The van der Waals surface area contributed by atoms with Gasteiger partial charge in [0, 0.05) is 10.6 Å². The maximum atomic E-state index is 12.7. The molecule has 0 amide bonds. The van der Waals surface area contributed by atoms with Crippen LogP contribution >= 0.6 is 22.9 Å². The van der Waals surface area contributed by atoms with Gasteiger partial charge in [-0.2, -0.15) is 13.2 Å². The molecule has 1 aliphatic carbocycles. The largest absolute Gasteiger partial charge is 0.416 e. The van der Waals surface area contributed by atoms with Gasteiger partial charge in [-0.25, -0.2) is 0 Å². The van der Waals surface area contributed by atoms with Gasteiger partial charge >= 0.3 is 6.18 Å². The summed E-state index contributed by atoms with van der Waals surface area (Å²) >= 11 is 7.52.